The topological polar surface area (TPSA) is 118 Å². The zero-order valence-corrected chi connectivity index (χ0v) is 11.4. The number of sulfonamides is 1. The van der Waals surface area contributed by atoms with Gasteiger partial charge in [0, 0.05) is 5.69 Å². The number of anilines is 2. The van der Waals surface area contributed by atoms with Crippen LogP contribution in [-0.4, -0.2) is 25.7 Å². The van der Waals surface area contributed by atoms with Crippen molar-refractivity contribution in [2.24, 2.45) is 5.14 Å². The van der Waals surface area contributed by atoms with Gasteiger partial charge in [-0.1, -0.05) is 12.8 Å². The average molecular weight is 285 g/mol. The number of benzene rings is 1. The highest BCUT2D eigenvalue weighted by Gasteiger charge is 2.33. The molecule has 0 spiro atoms. The van der Waals surface area contributed by atoms with E-state index in [9.17, 15) is 13.5 Å². The molecule has 1 aliphatic carbocycles. The number of nitrogens with two attached hydrogens (primary N) is 2. The fraction of sp³-hybridized carbons (Fsp3) is 0.500. The Kier molecular flexibility index (Phi) is 3.71. The van der Waals surface area contributed by atoms with Gasteiger partial charge in [0.05, 0.1) is 17.8 Å². The Hall–Kier alpha value is -1.31. The normalized spacial score (nSPS) is 18.4. The lowest BCUT2D eigenvalue weighted by atomic mass is 9.98. The van der Waals surface area contributed by atoms with E-state index < -0.39 is 10.0 Å². The molecule has 0 radical (unpaired) electrons. The minimum atomic E-state index is -3.80. The lowest BCUT2D eigenvalue weighted by molar-refractivity contribution is 0.214. The average Bonchev–Trinajstić information content (AvgIpc) is 2.76. The van der Waals surface area contributed by atoms with Gasteiger partial charge < -0.3 is 16.2 Å². The zero-order valence-electron chi connectivity index (χ0n) is 10.6. The summed E-state index contributed by atoms with van der Waals surface area (Å²) in [5.74, 6) is 0. The summed E-state index contributed by atoms with van der Waals surface area (Å²) >= 11 is 0. The Labute approximate surface area is 112 Å². The Balaban J connectivity index is 2.26. The zero-order chi connectivity index (χ0) is 14.1. The van der Waals surface area contributed by atoms with Crippen LogP contribution in [-0.2, 0) is 10.0 Å². The van der Waals surface area contributed by atoms with Crippen molar-refractivity contribution in [2.45, 2.75) is 36.1 Å². The summed E-state index contributed by atoms with van der Waals surface area (Å²) in [5, 5.41) is 17.8. The van der Waals surface area contributed by atoms with Crippen molar-refractivity contribution in [3.05, 3.63) is 18.2 Å². The van der Waals surface area contributed by atoms with Crippen LogP contribution in [0.25, 0.3) is 0 Å². The molecular formula is C12H19N3O3S. The van der Waals surface area contributed by atoms with Crippen LogP contribution < -0.4 is 16.2 Å². The van der Waals surface area contributed by atoms with E-state index in [1.165, 1.54) is 12.1 Å². The second-order valence-corrected chi connectivity index (χ2v) is 6.60. The van der Waals surface area contributed by atoms with Crippen molar-refractivity contribution in [3.8, 4) is 0 Å². The summed E-state index contributed by atoms with van der Waals surface area (Å²) in [4.78, 5) is -0.0810. The lowest BCUT2D eigenvalue weighted by Crippen LogP contribution is -2.39. The molecule has 1 saturated carbocycles. The van der Waals surface area contributed by atoms with E-state index in [4.69, 9.17) is 10.9 Å². The molecule has 1 fully saturated rings. The molecule has 0 bridgehead atoms. The fourth-order valence-corrected chi connectivity index (χ4v) is 3.21. The molecule has 1 aromatic rings. The molecular weight excluding hydrogens is 266 g/mol. The molecule has 0 aliphatic heterocycles. The van der Waals surface area contributed by atoms with Crippen LogP contribution in [0.3, 0.4) is 0 Å². The number of nitrogen functional groups attached to an aromatic ring is 1. The molecule has 0 atom stereocenters. The smallest absolute Gasteiger partial charge is 0.240 e. The minimum Gasteiger partial charge on any atom is -0.398 e. The first-order chi connectivity index (χ1) is 8.86. The van der Waals surface area contributed by atoms with Crippen molar-refractivity contribution in [1.29, 1.82) is 0 Å². The molecule has 0 aromatic heterocycles. The molecule has 7 heteroatoms. The fourth-order valence-electron chi connectivity index (χ4n) is 2.57. The molecule has 1 aliphatic rings. The van der Waals surface area contributed by atoms with Crippen LogP contribution in [0.15, 0.2) is 23.1 Å². The van der Waals surface area contributed by atoms with Gasteiger partial charge in [-0.25, -0.2) is 13.6 Å². The largest absolute Gasteiger partial charge is 0.398 e. The van der Waals surface area contributed by atoms with Crippen LogP contribution in [0.5, 0.6) is 0 Å². The summed E-state index contributed by atoms with van der Waals surface area (Å²) in [6.45, 7) is 0.0455. The Bertz CT molecular complexity index is 566. The molecule has 0 unspecified atom stereocenters. The van der Waals surface area contributed by atoms with E-state index in [2.05, 4.69) is 5.32 Å². The highest BCUT2D eigenvalue weighted by atomic mass is 32.2. The number of hydrogen-bond donors (Lipinski definition) is 4. The Morgan fingerprint density at radius 2 is 1.95 bits per heavy atom. The number of nitrogens with one attached hydrogen (secondary N) is 1. The maximum absolute atomic E-state index is 11.3. The molecule has 0 heterocycles. The van der Waals surface area contributed by atoms with Crippen molar-refractivity contribution in [3.63, 3.8) is 0 Å². The monoisotopic (exact) mass is 285 g/mol. The van der Waals surface area contributed by atoms with E-state index in [0.717, 1.165) is 25.7 Å². The van der Waals surface area contributed by atoms with Crippen LogP contribution in [0.2, 0.25) is 0 Å². The number of rotatable bonds is 4. The van der Waals surface area contributed by atoms with Gasteiger partial charge in [0.25, 0.3) is 0 Å². The van der Waals surface area contributed by atoms with E-state index >= 15 is 0 Å². The predicted octanol–water partition coefficient (Wildman–Crippen LogP) is 0.633. The SMILES string of the molecule is Nc1cc(NC2(CO)CCCC2)ccc1S(N)(=O)=O. The number of primary sulfonamides is 1. The maximum atomic E-state index is 11.3. The van der Waals surface area contributed by atoms with Crippen molar-refractivity contribution in [2.75, 3.05) is 17.7 Å². The highest BCUT2D eigenvalue weighted by Crippen LogP contribution is 2.33. The van der Waals surface area contributed by atoms with Crippen LogP contribution in [0.1, 0.15) is 25.7 Å². The van der Waals surface area contributed by atoms with E-state index in [-0.39, 0.29) is 22.7 Å². The van der Waals surface area contributed by atoms with Gasteiger partial charge in [-0.3, -0.25) is 0 Å². The van der Waals surface area contributed by atoms with Gasteiger partial charge >= 0.3 is 0 Å². The molecule has 2 rings (SSSR count). The number of hydrogen-bond acceptors (Lipinski definition) is 5. The lowest BCUT2D eigenvalue weighted by Gasteiger charge is -2.29. The molecule has 106 valence electrons. The van der Waals surface area contributed by atoms with E-state index in [1.807, 2.05) is 0 Å². The third kappa shape index (κ3) is 2.99. The van der Waals surface area contributed by atoms with Gasteiger partial charge in [0.2, 0.25) is 10.0 Å². The molecule has 19 heavy (non-hydrogen) atoms. The third-order valence-electron chi connectivity index (χ3n) is 3.59. The first kappa shape index (κ1) is 14.1. The standard InChI is InChI=1S/C12H19N3O3S/c13-10-7-9(3-4-11(10)19(14,17)18)15-12(8-16)5-1-2-6-12/h3-4,7,15-16H,1-2,5-6,8,13H2,(H2,14,17,18). The first-order valence-electron chi connectivity index (χ1n) is 6.18. The first-order valence-corrected chi connectivity index (χ1v) is 7.72. The molecule has 6 nitrogen and oxygen atoms in total. The Morgan fingerprint density at radius 3 is 2.42 bits per heavy atom. The van der Waals surface area contributed by atoms with Gasteiger partial charge in [-0.2, -0.15) is 0 Å². The number of aliphatic hydroxyl groups excluding tert-OH is 1. The van der Waals surface area contributed by atoms with Gasteiger partial charge in [-0.05, 0) is 31.0 Å². The van der Waals surface area contributed by atoms with E-state index in [1.54, 1.807) is 6.07 Å². The van der Waals surface area contributed by atoms with Gasteiger partial charge in [0.15, 0.2) is 0 Å². The summed E-state index contributed by atoms with van der Waals surface area (Å²) in [6.07, 6.45) is 3.91. The van der Waals surface area contributed by atoms with Gasteiger partial charge in [-0.15, -0.1) is 0 Å². The van der Waals surface area contributed by atoms with E-state index in [0.29, 0.717) is 5.69 Å². The van der Waals surface area contributed by atoms with Crippen molar-refractivity contribution < 1.29 is 13.5 Å². The second-order valence-electron chi connectivity index (χ2n) is 5.07. The molecule has 1 aromatic carbocycles. The Morgan fingerprint density at radius 1 is 1.32 bits per heavy atom. The summed E-state index contributed by atoms with van der Waals surface area (Å²) in [7, 11) is -3.80. The third-order valence-corrected chi connectivity index (χ3v) is 4.57. The van der Waals surface area contributed by atoms with Gasteiger partial charge in [0.1, 0.15) is 4.90 Å². The maximum Gasteiger partial charge on any atom is 0.240 e. The van der Waals surface area contributed by atoms with Crippen molar-refractivity contribution in [1.82, 2.24) is 0 Å². The van der Waals surface area contributed by atoms with Crippen LogP contribution in [0.4, 0.5) is 11.4 Å². The summed E-state index contributed by atoms with van der Waals surface area (Å²) in [6, 6.07) is 4.54. The number of aliphatic hydroxyl groups is 1. The molecule has 0 amide bonds. The highest BCUT2D eigenvalue weighted by molar-refractivity contribution is 7.89. The van der Waals surface area contributed by atoms with Crippen molar-refractivity contribution >= 4 is 21.4 Å². The predicted molar refractivity (Wildman–Crippen MR) is 74.1 cm³/mol. The minimum absolute atomic E-state index is 0.0455. The van der Waals surface area contributed by atoms with Crippen LogP contribution in [0, 0.1) is 0 Å². The quantitative estimate of drug-likeness (QED) is 0.605. The molecule has 0 saturated heterocycles. The second kappa shape index (κ2) is 4.99. The molecule has 6 N–H and O–H groups in total. The van der Waals surface area contributed by atoms with Crippen LogP contribution >= 0.6 is 0 Å². The summed E-state index contributed by atoms with van der Waals surface area (Å²) < 4.78 is 22.5. The summed E-state index contributed by atoms with van der Waals surface area (Å²) in [5.41, 5.74) is 6.19.